The van der Waals surface area contributed by atoms with Crippen molar-refractivity contribution >= 4 is 23.2 Å². The van der Waals surface area contributed by atoms with E-state index in [1.165, 1.54) is 11.0 Å². The Morgan fingerprint density at radius 1 is 1.19 bits per heavy atom. The second kappa shape index (κ2) is 6.49. The molecule has 0 aliphatic carbocycles. The van der Waals surface area contributed by atoms with Crippen molar-refractivity contribution in [3.63, 3.8) is 0 Å². The van der Waals surface area contributed by atoms with Crippen LogP contribution in [-0.4, -0.2) is 22.6 Å². The van der Waals surface area contributed by atoms with E-state index >= 15 is 0 Å². The molecular formula is C18H12ClF2N3O2. The lowest BCUT2D eigenvalue weighted by Crippen LogP contribution is -2.25. The Balaban J connectivity index is 1.58. The van der Waals surface area contributed by atoms with Gasteiger partial charge in [0.15, 0.2) is 5.82 Å². The van der Waals surface area contributed by atoms with Gasteiger partial charge in [-0.1, -0.05) is 22.8 Å². The maximum absolute atomic E-state index is 14.0. The predicted octanol–water partition coefficient (Wildman–Crippen LogP) is 4.19. The highest BCUT2D eigenvalue weighted by molar-refractivity contribution is 6.30. The third-order valence-corrected chi connectivity index (χ3v) is 4.44. The van der Waals surface area contributed by atoms with Crippen LogP contribution < -0.4 is 4.90 Å². The number of benzene rings is 2. The van der Waals surface area contributed by atoms with Crippen LogP contribution in [0.3, 0.4) is 0 Å². The number of carbonyl (C=O) groups is 1. The SMILES string of the molecule is O=C1CC(c2noc(-c3cccc(Cl)c3)n2)CN1c1ccc(F)cc1F. The van der Waals surface area contributed by atoms with Crippen molar-refractivity contribution in [2.24, 2.45) is 0 Å². The molecule has 1 aromatic heterocycles. The summed E-state index contributed by atoms with van der Waals surface area (Å²) in [7, 11) is 0. The predicted molar refractivity (Wildman–Crippen MR) is 90.8 cm³/mol. The summed E-state index contributed by atoms with van der Waals surface area (Å²) in [5.41, 5.74) is 0.708. The van der Waals surface area contributed by atoms with Gasteiger partial charge in [0, 0.05) is 35.5 Å². The summed E-state index contributed by atoms with van der Waals surface area (Å²) in [6.45, 7) is 0.190. The largest absolute Gasteiger partial charge is 0.334 e. The minimum Gasteiger partial charge on any atom is -0.334 e. The molecule has 3 aromatic rings. The lowest BCUT2D eigenvalue weighted by Gasteiger charge is -2.16. The van der Waals surface area contributed by atoms with Crippen molar-refractivity contribution < 1.29 is 18.1 Å². The molecule has 26 heavy (non-hydrogen) atoms. The quantitative estimate of drug-likeness (QED) is 0.688. The normalized spacial score (nSPS) is 17.1. The topological polar surface area (TPSA) is 59.2 Å². The van der Waals surface area contributed by atoms with Crippen LogP contribution in [0.2, 0.25) is 5.02 Å². The summed E-state index contributed by atoms with van der Waals surface area (Å²) in [6, 6.07) is 10.1. The van der Waals surface area contributed by atoms with Crippen molar-refractivity contribution in [3.8, 4) is 11.5 Å². The van der Waals surface area contributed by atoms with E-state index in [1.54, 1.807) is 24.3 Å². The van der Waals surface area contributed by atoms with Crippen molar-refractivity contribution in [2.45, 2.75) is 12.3 Å². The van der Waals surface area contributed by atoms with Crippen LogP contribution in [0.25, 0.3) is 11.5 Å². The Hall–Kier alpha value is -2.80. The maximum Gasteiger partial charge on any atom is 0.257 e. The molecule has 0 N–H and O–H groups in total. The molecule has 0 radical (unpaired) electrons. The van der Waals surface area contributed by atoms with Crippen molar-refractivity contribution in [1.82, 2.24) is 10.1 Å². The molecule has 1 atom stereocenters. The van der Waals surface area contributed by atoms with Gasteiger partial charge in [0.25, 0.3) is 5.89 Å². The molecule has 5 nitrogen and oxygen atoms in total. The Labute approximate surface area is 152 Å². The summed E-state index contributed by atoms with van der Waals surface area (Å²) in [5, 5.41) is 4.48. The Morgan fingerprint density at radius 3 is 2.81 bits per heavy atom. The molecule has 1 aliphatic rings. The summed E-state index contributed by atoms with van der Waals surface area (Å²) < 4.78 is 32.3. The summed E-state index contributed by atoms with van der Waals surface area (Å²) in [5.74, 6) is -1.46. The Kier molecular flexibility index (Phi) is 4.16. The van der Waals surface area contributed by atoms with Gasteiger partial charge in [0.05, 0.1) is 5.69 Å². The first-order valence-electron chi connectivity index (χ1n) is 7.86. The molecule has 1 unspecified atom stereocenters. The molecule has 132 valence electrons. The van der Waals surface area contributed by atoms with Crippen LogP contribution in [0, 0.1) is 11.6 Å². The molecule has 0 saturated carbocycles. The van der Waals surface area contributed by atoms with Gasteiger partial charge in [-0.2, -0.15) is 4.98 Å². The number of amides is 1. The molecule has 4 rings (SSSR count). The Bertz CT molecular complexity index is 992. The first-order valence-corrected chi connectivity index (χ1v) is 8.24. The molecular weight excluding hydrogens is 364 g/mol. The van der Waals surface area contributed by atoms with Crippen LogP contribution >= 0.6 is 11.6 Å². The molecule has 1 saturated heterocycles. The molecule has 0 bridgehead atoms. The highest BCUT2D eigenvalue weighted by atomic mass is 35.5. The van der Waals surface area contributed by atoms with Crippen molar-refractivity contribution in [1.29, 1.82) is 0 Å². The van der Waals surface area contributed by atoms with E-state index in [0.717, 1.165) is 12.1 Å². The fraction of sp³-hybridized carbons (Fsp3) is 0.167. The van der Waals surface area contributed by atoms with Gasteiger partial charge in [0.2, 0.25) is 5.91 Å². The molecule has 8 heteroatoms. The van der Waals surface area contributed by atoms with E-state index in [0.29, 0.717) is 22.3 Å². The van der Waals surface area contributed by atoms with Crippen LogP contribution in [0.4, 0.5) is 14.5 Å². The van der Waals surface area contributed by atoms with E-state index in [-0.39, 0.29) is 30.5 Å². The minimum absolute atomic E-state index is 0.0393. The number of aromatic nitrogens is 2. The third kappa shape index (κ3) is 3.06. The van der Waals surface area contributed by atoms with Gasteiger partial charge >= 0.3 is 0 Å². The zero-order valence-electron chi connectivity index (χ0n) is 13.3. The monoisotopic (exact) mass is 375 g/mol. The standard InChI is InChI=1S/C18H12ClF2N3O2/c19-12-3-1-2-10(6-12)18-22-17(23-26-18)11-7-16(25)24(9-11)15-5-4-13(20)8-14(15)21/h1-6,8,11H,7,9H2. The summed E-state index contributed by atoms with van der Waals surface area (Å²) in [6.07, 6.45) is 0.116. The molecule has 2 heterocycles. The van der Waals surface area contributed by atoms with E-state index in [1.807, 2.05) is 0 Å². The lowest BCUT2D eigenvalue weighted by atomic mass is 10.1. The second-order valence-electron chi connectivity index (χ2n) is 5.97. The summed E-state index contributed by atoms with van der Waals surface area (Å²) in [4.78, 5) is 17.9. The number of halogens is 3. The number of anilines is 1. The Morgan fingerprint density at radius 2 is 2.04 bits per heavy atom. The average Bonchev–Trinajstić information content (AvgIpc) is 3.22. The fourth-order valence-corrected chi connectivity index (χ4v) is 3.14. The first kappa shape index (κ1) is 16.7. The molecule has 0 spiro atoms. The zero-order valence-corrected chi connectivity index (χ0v) is 14.1. The van der Waals surface area contributed by atoms with Gasteiger partial charge < -0.3 is 9.42 Å². The van der Waals surface area contributed by atoms with Gasteiger partial charge in [-0.05, 0) is 30.3 Å². The van der Waals surface area contributed by atoms with E-state index in [9.17, 15) is 13.6 Å². The van der Waals surface area contributed by atoms with Crippen LogP contribution in [0.15, 0.2) is 47.0 Å². The van der Waals surface area contributed by atoms with E-state index in [4.69, 9.17) is 16.1 Å². The molecule has 1 fully saturated rings. The molecule has 2 aromatic carbocycles. The maximum atomic E-state index is 14.0. The van der Waals surface area contributed by atoms with Crippen molar-refractivity contribution in [2.75, 3.05) is 11.4 Å². The highest BCUT2D eigenvalue weighted by Crippen LogP contribution is 2.33. The number of carbonyl (C=O) groups excluding carboxylic acids is 1. The first-order chi connectivity index (χ1) is 12.5. The molecule has 1 aliphatic heterocycles. The minimum atomic E-state index is -0.785. The van der Waals surface area contributed by atoms with Crippen LogP contribution in [0.1, 0.15) is 18.2 Å². The third-order valence-electron chi connectivity index (χ3n) is 4.20. The lowest BCUT2D eigenvalue weighted by molar-refractivity contribution is -0.117. The number of nitrogens with zero attached hydrogens (tertiary/aromatic N) is 3. The van der Waals surface area contributed by atoms with E-state index < -0.39 is 11.6 Å². The number of hydrogen-bond donors (Lipinski definition) is 0. The summed E-state index contributed by atoms with van der Waals surface area (Å²) >= 11 is 5.96. The number of hydrogen-bond acceptors (Lipinski definition) is 4. The fourth-order valence-electron chi connectivity index (χ4n) is 2.95. The average molecular weight is 376 g/mol. The van der Waals surface area contributed by atoms with Crippen molar-refractivity contribution in [3.05, 3.63) is 64.9 Å². The second-order valence-corrected chi connectivity index (χ2v) is 6.41. The van der Waals surface area contributed by atoms with Crippen LogP contribution in [0.5, 0.6) is 0 Å². The van der Waals surface area contributed by atoms with Crippen LogP contribution in [-0.2, 0) is 4.79 Å². The van der Waals surface area contributed by atoms with Gasteiger partial charge in [-0.25, -0.2) is 8.78 Å². The number of rotatable bonds is 3. The zero-order chi connectivity index (χ0) is 18.3. The van der Waals surface area contributed by atoms with Gasteiger partial charge in [-0.15, -0.1) is 0 Å². The van der Waals surface area contributed by atoms with E-state index in [2.05, 4.69) is 10.1 Å². The highest BCUT2D eigenvalue weighted by Gasteiger charge is 2.35. The molecule has 1 amide bonds. The smallest absolute Gasteiger partial charge is 0.257 e. The van der Waals surface area contributed by atoms with Gasteiger partial charge in [0.1, 0.15) is 11.6 Å². The van der Waals surface area contributed by atoms with Gasteiger partial charge in [-0.3, -0.25) is 4.79 Å².